The van der Waals surface area contributed by atoms with Crippen LogP contribution in [0.3, 0.4) is 0 Å². The van der Waals surface area contributed by atoms with E-state index in [1.165, 1.54) is 12.8 Å². The number of benzene rings is 4. The van der Waals surface area contributed by atoms with Crippen LogP contribution in [0.1, 0.15) is 50.2 Å². The van der Waals surface area contributed by atoms with Crippen molar-refractivity contribution in [3.05, 3.63) is 113 Å². The molecule has 43 heavy (non-hydrogen) atoms. The molecule has 0 atom stereocenters. The number of unbranched alkanes of at least 4 members (excludes halogenated alkanes) is 4. The first kappa shape index (κ1) is 31.9. The Balaban J connectivity index is 1.60. The van der Waals surface area contributed by atoms with Crippen LogP contribution >= 0.6 is 0 Å². The van der Waals surface area contributed by atoms with Crippen molar-refractivity contribution in [2.24, 2.45) is 0 Å². The van der Waals surface area contributed by atoms with Crippen molar-refractivity contribution in [1.29, 1.82) is 0 Å². The van der Waals surface area contributed by atoms with Gasteiger partial charge >= 0.3 is 6.18 Å². The summed E-state index contributed by atoms with van der Waals surface area (Å²) in [6.45, 7) is 2.15. The molecule has 0 bridgehead atoms. The van der Waals surface area contributed by atoms with E-state index in [9.17, 15) is 22.0 Å². The standard InChI is InChI=1S/C34H27F9/c1-2-3-4-5-6-7-20-8-10-21(11-9-20)22-14-28(37)33(29(38)15-22)24-18-30(39)32(31(40)19-24)23-16-26(35)25(27(36)17-23)12-13-34(41,42)43/h8-19H,2-7H2,1H3. The molecule has 0 heterocycles. The van der Waals surface area contributed by atoms with Crippen molar-refractivity contribution >= 4 is 6.08 Å². The van der Waals surface area contributed by atoms with Crippen molar-refractivity contribution in [3.63, 3.8) is 0 Å². The van der Waals surface area contributed by atoms with Crippen molar-refractivity contribution in [1.82, 2.24) is 0 Å². The highest BCUT2D eigenvalue weighted by molar-refractivity contribution is 5.76. The lowest BCUT2D eigenvalue weighted by Crippen LogP contribution is -2.02. The highest BCUT2D eigenvalue weighted by atomic mass is 19.4. The van der Waals surface area contributed by atoms with E-state index in [4.69, 9.17) is 0 Å². The summed E-state index contributed by atoms with van der Waals surface area (Å²) in [4.78, 5) is 0. The molecule has 0 amide bonds. The van der Waals surface area contributed by atoms with E-state index in [-0.39, 0.29) is 17.7 Å². The van der Waals surface area contributed by atoms with Gasteiger partial charge in [-0.1, -0.05) is 56.9 Å². The lowest BCUT2D eigenvalue weighted by atomic mass is 9.95. The lowest BCUT2D eigenvalue weighted by molar-refractivity contribution is -0.0790. The fraction of sp³-hybridized carbons (Fsp3) is 0.235. The fourth-order valence-corrected chi connectivity index (χ4v) is 4.87. The monoisotopic (exact) mass is 606 g/mol. The van der Waals surface area contributed by atoms with Crippen LogP contribution in [-0.4, -0.2) is 6.18 Å². The maximum Gasteiger partial charge on any atom is 0.409 e. The highest BCUT2D eigenvalue weighted by Gasteiger charge is 2.24. The van der Waals surface area contributed by atoms with Gasteiger partial charge in [0.2, 0.25) is 0 Å². The lowest BCUT2D eigenvalue weighted by Gasteiger charge is -2.13. The molecule has 0 aliphatic rings. The van der Waals surface area contributed by atoms with E-state index >= 15 is 17.6 Å². The molecule has 0 nitrogen and oxygen atoms in total. The Hall–Kier alpha value is -4.01. The molecule has 0 aliphatic carbocycles. The van der Waals surface area contributed by atoms with Crippen molar-refractivity contribution < 1.29 is 39.5 Å². The van der Waals surface area contributed by atoms with E-state index in [1.54, 1.807) is 12.1 Å². The van der Waals surface area contributed by atoms with Gasteiger partial charge in [0.05, 0.1) is 11.1 Å². The maximum absolute atomic E-state index is 15.2. The second-order valence-corrected chi connectivity index (χ2v) is 10.2. The number of rotatable bonds is 10. The molecule has 0 saturated carbocycles. The number of halogens is 9. The predicted octanol–water partition coefficient (Wildman–Crippen LogP) is 11.6. The van der Waals surface area contributed by atoms with Gasteiger partial charge in [-0.05, 0) is 83.1 Å². The summed E-state index contributed by atoms with van der Waals surface area (Å²) in [6.07, 6.45) is 1.50. The third-order valence-corrected chi connectivity index (χ3v) is 7.04. The highest BCUT2D eigenvalue weighted by Crippen LogP contribution is 2.36. The van der Waals surface area contributed by atoms with Crippen LogP contribution in [0.2, 0.25) is 0 Å². The van der Waals surface area contributed by atoms with Gasteiger partial charge in [0.15, 0.2) is 0 Å². The molecule has 0 unspecified atom stereocenters. The Bertz CT molecular complexity index is 1550. The Morgan fingerprint density at radius 1 is 0.535 bits per heavy atom. The SMILES string of the molecule is CCCCCCCc1ccc(-c2cc(F)c(-c3cc(F)c(-c4cc(F)c(C=CC(F)(F)F)c(F)c4)c(F)c3)c(F)c2)cc1. The second-order valence-electron chi connectivity index (χ2n) is 10.2. The molecule has 4 aromatic carbocycles. The number of aryl methyl sites for hydroxylation is 1. The Kier molecular flexibility index (Phi) is 10.0. The molecule has 0 fully saturated rings. The molecular weight excluding hydrogens is 579 g/mol. The van der Waals surface area contributed by atoms with Crippen LogP contribution in [0.25, 0.3) is 39.5 Å². The van der Waals surface area contributed by atoms with Crippen molar-refractivity contribution in [2.75, 3.05) is 0 Å². The first-order valence-electron chi connectivity index (χ1n) is 13.7. The van der Waals surface area contributed by atoms with Crippen molar-refractivity contribution in [2.45, 2.75) is 51.6 Å². The summed E-state index contributed by atoms with van der Waals surface area (Å²) in [5.74, 6) is -7.93. The summed E-state index contributed by atoms with van der Waals surface area (Å²) >= 11 is 0. The molecule has 0 spiro atoms. The predicted molar refractivity (Wildman–Crippen MR) is 150 cm³/mol. The normalized spacial score (nSPS) is 12.0. The van der Waals surface area contributed by atoms with Crippen LogP contribution < -0.4 is 0 Å². The van der Waals surface area contributed by atoms with E-state index in [1.807, 2.05) is 12.1 Å². The zero-order chi connectivity index (χ0) is 31.3. The molecule has 9 heteroatoms. The Morgan fingerprint density at radius 3 is 1.44 bits per heavy atom. The number of hydrogen-bond donors (Lipinski definition) is 0. The quantitative estimate of drug-likeness (QED) is 0.124. The minimum Gasteiger partial charge on any atom is -0.206 e. The van der Waals surface area contributed by atoms with Gasteiger partial charge in [-0.25, -0.2) is 26.3 Å². The van der Waals surface area contributed by atoms with Crippen molar-refractivity contribution in [3.8, 4) is 33.4 Å². The van der Waals surface area contributed by atoms with Gasteiger partial charge in [0.1, 0.15) is 34.9 Å². The minimum absolute atomic E-state index is 0.156. The Morgan fingerprint density at radius 2 is 0.977 bits per heavy atom. The van der Waals surface area contributed by atoms with E-state index < -0.39 is 68.9 Å². The van der Waals surface area contributed by atoms with Gasteiger partial charge in [-0.2, -0.15) is 13.2 Å². The molecule has 0 saturated heterocycles. The van der Waals surface area contributed by atoms with Gasteiger partial charge < -0.3 is 0 Å². The van der Waals surface area contributed by atoms with Gasteiger partial charge in [-0.3, -0.25) is 0 Å². The average molecular weight is 607 g/mol. The third kappa shape index (κ3) is 7.89. The Labute approximate surface area is 243 Å². The minimum atomic E-state index is -4.84. The number of hydrogen-bond acceptors (Lipinski definition) is 0. The van der Waals surface area contributed by atoms with Crippen LogP contribution in [0.5, 0.6) is 0 Å². The third-order valence-electron chi connectivity index (χ3n) is 7.04. The molecule has 0 N–H and O–H groups in total. The largest absolute Gasteiger partial charge is 0.409 e. The molecule has 0 radical (unpaired) electrons. The molecule has 0 aliphatic heterocycles. The van der Waals surface area contributed by atoms with Crippen LogP contribution in [0.15, 0.2) is 66.7 Å². The van der Waals surface area contributed by atoms with Crippen LogP contribution in [-0.2, 0) is 6.42 Å². The number of alkyl halides is 3. The smallest absolute Gasteiger partial charge is 0.206 e. The molecule has 4 rings (SSSR count). The topological polar surface area (TPSA) is 0 Å². The summed E-state index contributed by atoms with van der Waals surface area (Å²) < 4.78 is 126. The second kappa shape index (κ2) is 13.5. The summed E-state index contributed by atoms with van der Waals surface area (Å²) in [7, 11) is 0. The van der Waals surface area contributed by atoms with Gasteiger partial charge in [-0.15, -0.1) is 0 Å². The maximum atomic E-state index is 15.2. The zero-order valence-electron chi connectivity index (χ0n) is 23.1. The molecule has 0 aromatic heterocycles. The average Bonchev–Trinajstić information content (AvgIpc) is 2.91. The zero-order valence-corrected chi connectivity index (χ0v) is 23.1. The molecule has 226 valence electrons. The summed E-state index contributed by atoms with van der Waals surface area (Å²) in [5.41, 5.74) is -1.97. The summed E-state index contributed by atoms with van der Waals surface area (Å²) in [6, 6.07) is 11.5. The fourth-order valence-electron chi connectivity index (χ4n) is 4.87. The van der Waals surface area contributed by atoms with Crippen LogP contribution in [0, 0.1) is 34.9 Å². The van der Waals surface area contributed by atoms with E-state index in [0.29, 0.717) is 29.8 Å². The first-order valence-corrected chi connectivity index (χ1v) is 13.7. The molecule has 4 aromatic rings. The van der Waals surface area contributed by atoms with E-state index in [2.05, 4.69) is 6.92 Å². The van der Waals surface area contributed by atoms with E-state index in [0.717, 1.165) is 43.4 Å². The van der Waals surface area contributed by atoms with Gasteiger partial charge in [0, 0.05) is 11.6 Å². The van der Waals surface area contributed by atoms with Crippen LogP contribution in [0.4, 0.5) is 39.5 Å². The first-order chi connectivity index (χ1) is 20.4. The summed E-state index contributed by atoms with van der Waals surface area (Å²) in [5, 5.41) is 0. The molecular formula is C34H27F9. The number of allylic oxidation sites excluding steroid dienone is 1. The van der Waals surface area contributed by atoms with Gasteiger partial charge in [0.25, 0.3) is 0 Å².